The van der Waals surface area contributed by atoms with Crippen molar-refractivity contribution in [1.29, 1.82) is 0 Å². The smallest absolute Gasteiger partial charge is 0.241 e. The average molecular weight is 298 g/mol. The zero-order valence-corrected chi connectivity index (χ0v) is 13.6. The Morgan fingerprint density at radius 2 is 1.80 bits per heavy atom. The summed E-state index contributed by atoms with van der Waals surface area (Å²) in [7, 11) is -3.54. The van der Waals surface area contributed by atoms with Gasteiger partial charge in [0.05, 0.1) is 4.90 Å². The average Bonchev–Trinajstić information content (AvgIpc) is 2.39. The van der Waals surface area contributed by atoms with Gasteiger partial charge in [-0.15, -0.1) is 0 Å². The Hall–Kier alpha value is -0.910. The van der Waals surface area contributed by atoms with Gasteiger partial charge in [-0.1, -0.05) is 39.3 Å². The summed E-state index contributed by atoms with van der Waals surface area (Å²) < 4.78 is 27.6. The molecule has 0 aliphatic heterocycles. The van der Waals surface area contributed by atoms with Gasteiger partial charge in [-0.3, -0.25) is 0 Å². The van der Waals surface area contributed by atoms with E-state index >= 15 is 0 Å². The molecule has 0 saturated carbocycles. The minimum Gasteiger partial charge on any atom is -0.329 e. The summed E-state index contributed by atoms with van der Waals surface area (Å²) in [6.45, 7) is 8.11. The zero-order chi connectivity index (χ0) is 15.4. The normalized spacial score (nSPS) is 15.3. The molecule has 1 rings (SSSR count). The molecule has 1 aromatic rings. The van der Waals surface area contributed by atoms with Crippen LogP contribution in [0.25, 0.3) is 0 Å². The van der Waals surface area contributed by atoms with Crippen molar-refractivity contribution in [2.24, 2.45) is 11.7 Å². The van der Waals surface area contributed by atoms with Crippen molar-refractivity contribution in [2.45, 2.75) is 51.0 Å². The van der Waals surface area contributed by atoms with Gasteiger partial charge >= 0.3 is 0 Å². The first-order chi connectivity index (χ1) is 9.25. The van der Waals surface area contributed by atoms with Crippen LogP contribution in [0.3, 0.4) is 0 Å². The minimum atomic E-state index is -3.54. The monoisotopic (exact) mass is 298 g/mol. The number of aryl methyl sites for hydroxylation is 1. The molecule has 0 aliphatic carbocycles. The lowest BCUT2D eigenvalue weighted by Crippen LogP contribution is -2.54. The number of sulfonamides is 1. The number of hydrogen-bond donors (Lipinski definition) is 2. The summed E-state index contributed by atoms with van der Waals surface area (Å²) in [5, 5.41) is 0. The van der Waals surface area contributed by atoms with Gasteiger partial charge < -0.3 is 5.73 Å². The second-order valence-electron chi connectivity index (χ2n) is 5.78. The summed E-state index contributed by atoms with van der Waals surface area (Å²) >= 11 is 0. The molecule has 0 spiro atoms. The molecule has 1 atom stereocenters. The molecule has 0 saturated heterocycles. The van der Waals surface area contributed by atoms with Crippen LogP contribution in [0.4, 0.5) is 0 Å². The van der Waals surface area contributed by atoms with Crippen molar-refractivity contribution < 1.29 is 8.42 Å². The number of rotatable bonds is 7. The Bertz CT molecular complexity index is 523. The number of nitrogens with two attached hydrogens (primary N) is 1. The molecule has 114 valence electrons. The van der Waals surface area contributed by atoms with Crippen LogP contribution in [0.2, 0.25) is 0 Å². The van der Waals surface area contributed by atoms with E-state index in [1.165, 1.54) is 0 Å². The van der Waals surface area contributed by atoms with E-state index in [0.717, 1.165) is 18.4 Å². The fourth-order valence-corrected chi connectivity index (χ4v) is 3.43. The number of benzene rings is 1. The summed E-state index contributed by atoms with van der Waals surface area (Å²) in [6.07, 6.45) is 2.00. The van der Waals surface area contributed by atoms with Crippen LogP contribution < -0.4 is 10.5 Å². The summed E-state index contributed by atoms with van der Waals surface area (Å²) in [6, 6.07) is 7.05. The quantitative estimate of drug-likeness (QED) is 0.811. The molecule has 5 heteroatoms. The standard InChI is InChI=1S/C15H26N2O2S/c1-5-6-13-7-9-14(10-8-13)20(18,19)17-15(4,11-16)12(2)3/h7-10,12,17H,5-6,11,16H2,1-4H3. The predicted molar refractivity (Wildman–Crippen MR) is 83.1 cm³/mol. The van der Waals surface area contributed by atoms with Crippen LogP contribution in [0, 0.1) is 5.92 Å². The highest BCUT2D eigenvalue weighted by Crippen LogP contribution is 2.20. The first-order valence-corrected chi connectivity index (χ1v) is 8.56. The SMILES string of the molecule is CCCc1ccc(S(=O)(=O)NC(C)(CN)C(C)C)cc1. The van der Waals surface area contributed by atoms with E-state index in [1.807, 2.05) is 32.9 Å². The lowest BCUT2D eigenvalue weighted by atomic mass is 9.90. The molecule has 20 heavy (non-hydrogen) atoms. The van der Waals surface area contributed by atoms with E-state index in [4.69, 9.17) is 5.73 Å². The van der Waals surface area contributed by atoms with Crippen LogP contribution in [-0.2, 0) is 16.4 Å². The van der Waals surface area contributed by atoms with E-state index in [0.29, 0.717) is 0 Å². The number of hydrogen-bond acceptors (Lipinski definition) is 3. The van der Waals surface area contributed by atoms with E-state index in [-0.39, 0.29) is 17.4 Å². The van der Waals surface area contributed by atoms with Gasteiger partial charge in [0, 0.05) is 12.1 Å². The van der Waals surface area contributed by atoms with Gasteiger partial charge in [0.25, 0.3) is 0 Å². The first-order valence-electron chi connectivity index (χ1n) is 7.08. The molecular weight excluding hydrogens is 272 g/mol. The highest BCUT2D eigenvalue weighted by Gasteiger charge is 2.32. The third-order valence-corrected chi connectivity index (χ3v) is 5.47. The van der Waals surface area contributed by atoms with Crippen LogP contribution in [0.1, 0.15) is 39.7 Å². The van der Waals surface area contributed by atoms with Gasteiger partial charge in [0.1, 0.15) is 0 Å². The molecule has 3 N–H and O–H groups in total. The van der Waals surface area contributed by atoms with Gasteiger partial charge in [0.2, 0.25) is 10.0 Å². The van der Waals surface area contributed by atoms with Gasteiger partial charge in [-0.25, -0.2) is 13.1 Å². The predicted octanol–water partition coefficient (Wildman–Crippen LogP) is 2.29. The van der Waals surface area contributed by atoms with Crippen LogP contribution >= 0.6 is 0 Å². The maximum atomic E-state index is 12.4. The lowest BCUT2D eigenvalue weighted by molar-refractivity contribution is 0.315. The summed E-state index contributed by atoms with van der Waals surface area (Å²) in [5.41, 5.74) is 6.24. The molecule has 0 bridgehead atoms. The topological polar surface area (TPSA) is 72.2 Å². The maximum Gasteiger partial charge on any atom is 0.241 e. The van der Waals surface area contributed by atoms with Crippen LogP contribution in [0.15, 0.2) is 29.2 Å². The van der Waals surface area contributed by atoms with E-state index in [9.17, 15) is 8.42 Å². The first kappa shape index (κ1) is 17.1. The molecule has 0 heterocycles. The van der Waals surface area contributed by atoms with Crippen molar-refractivity contribution in [2.75, 3.05) is 6.54 Å². The number of nitrogens with one attached hydrogen (secondary N) is 1. The van der Waals surface area contributed by atoms with Crippen LogP contribution in [-0.4, -0.2) is 20.5 Å². The molecule has 1 aromatic carbocycles. The zero-order valence-electron chi connectivity index (χ0n) is 12.8. The summed E-state index contributed by atoms with van der Waals surface area (Å²) in [4.78, 5) is 0.290. The van der Waals surface area contributed by atoms with E-state index in [2.05, 4.69) is 11.6 Å². The fourth-order valence-electron chi connectivity index (χ4n) is 1.89. The summed E-state index contributed by atoms with van der Waals surface area (Å²) in [5.74, 6) is 0.113. The molecular formula is C15H26N2O2S. The Balaban J connectivity index is 2.99. The van der Waals surface area contributed by atoms with Crippen molar-refractivity contribution in [3.05, 3.63) is 29.8 Å². The molecule has 0 aliphatic rings. The second-order valence-corrected chi connectivity index (χ2v) is 7.46. The van der Waals surface area contributed by atoms with Gasteiger partial charge in [-0.05, 0) is 37.0 Å². The Kier molecular flexibility index (Phi) is 5.74. The molecule has 1 unspecified atom stereocenters. The highest BCUT2D eigenvalue weighted by atomic mass is 32.2. The Labute approximate surface area is 122 Å². The van der Waals surface area contributed by atoms with E-state index < -0.39 is 15.6 Å². The van der Waals surface area contributed by atoms with Crippen LogP contribution in [0.5, 0.6) is 0 Å². The lowest BCUT2D eigenvalue weighted by Gasteiger charge is -2.33. The Morgan fingerprint density at radius 1 is 1.25 bits per heavy atom. The third kappa shape index (κ3) is 4.04. The van der Waals surface area contributed by atoms with Gasteiger partial charge in [-0.2, -0.15) is 0 Å². The molecule has 0 aromatic heterocycles. The molecule has 0 amide bonds. The Morgan fingerprint density at radius 3 is 2.20 bits per heavy atom. The fraction of sp³-hybridized carbons (Fsp3) is 0.600. The molecule has 4 nitrogen and oxygen atoms in total. The molecule has 0 radical (unpaired) electrons. The van der Waals surface area contributed by atoms with Crippen molar-refractivity contribution >= 4 is 10.0 Å². The third-order valence-electron chi connectivity index (χ3n) is 3.84. The van der Waals surface area contributed by atoms with Gasteiger partial charge in [0.15, 0.2) is 0 Å². The second kappa shape index (κ2) is 6.70. The van der Waals surface area contributed by atoms with Crippen molar-refractivity contribution in [3.63, 3.8) is 0 Å². The van der Waals surface area contributed by atoms with Crippen molar-refractivity contribution in [3.8, 4) is 0 Å². The highest BCUT2D eigenvalue weighted by molar-refractivity contribution is 7.89. The van der Waals surface area contributed by atoms with E-state index in [1.54, 1.807) is 12.1 Å². The minimum absolute atomic E-state index is 0.113. The largest absolute Gasteiger partial charge is 0.329 e. The molecule has 0 fully saturated rings. The van der Waals surface area contributed by atoms with Crippen molar-refractivity contribution in [1.82, 2.24) is 4.72 Å². The maximum absolute atomic E-state index is 12.4.